The molecule has 2 nitrogen and oxygen atoms in total. The smallest absolute Gasteiger partial charge is 0.0713 e. The van der Waals surface area contributed by atoms with E-state index in [1.807, 2.05) is 24.3 Å². The van der Waals surface area contributed by atoms with Crippen molar-refractivity contribution < 1.29 is 8.95 Å². The minimum atomic E-state index is -2.08. The molecule has 0 heterocycles. The van der Waals surface area contributed by atoms with Crippen LogP contribution >= 0.6 is 0 Å². The van der Waals surface area contributed by atoms with Gasteiger partial charge in [-0.15, -0.1) is 0 Å². The van der Waals surface area contributed by atoms with Crippen molar-refractivity contribution in [1.82, 2.24) is 0 Å². The van der Waals surface area contributed by atoms with Crippen LogP contribution in [0.3, 0.4) is 0 Å². The van der Waals surface area contributed by atoms with Crippen molar-refractivity contribution in [3.63, 3.8) is 0 Å². The van der Waals surface area contributed by atoms with Gasteiger partial charge in [-0.2, -0.15) is 0 Å². The maximum atomic E-state index is 11.5. The van der Waals surface area contributed by atoms with Gasteiger partial charge in [-0.3, -0.25) is 4.21 Å². The highest BCUT2D eigenvalue weighted by molar-refractivity contribution is 7.99. The summed E-state index contributed by atoms with van der Waals surface area (Å²) in [4.78, 5) is 0.785. The lowest BCUT2D eigenvalue weighted by Crippen LogP contribution is -1.96. The summed E-state index contributed by atoms with van der Waals surface area (Å²) in [6.45, 7) is 0.586. The second-order valence-corrected chi connectivity index (χ2v) is 5.56. The molecule has 13 heavy (non-hydrogen) atoms. The van der Waals surface area contributed by atoms with Gasteiger partial charge in [-0.1, -0.05) is 12.1 Å². The molecular formula is C10H14O2S. The van der Waals surface area contributed by atoms with Gasteiger partial charge in [0.15, 0.2) is 0 Å². The van der Waals surface area contributed by atoms with E-state index in [0.29, 0.717) is 6.61 Å². The summed E-state index contributed by atoms with van der Waals surface area (Å²) in [6.07, 6.45) is 1.64. The number of ether oxygens (including phenoxy) is 1. The van der Waals surface area contributed by atoms with E-state index < -0.39 is 9.52 Å². The summed E-state index contributed by atoms with van der Waals surface area (Å²) >= 11 is 0. The van der Waals surface area contributed by atoms with Gasteiger partial charge >= 0.3 is 0 Å². The Balaban J connectivity index is 2.94. The molecule has 1 unspecified atom stereocenters. The van der Waals surface area contributed by atoms with Gasteiger partial charge in [0.05, 0.1) is 6.61 Å². The first-order valence-electron chi connectivity index (χ1n) is 3.94. The fourth-order valence-corrected chi connectivity index (χ4v) is 1.75. The molecule has 0 N–H and O–H groups in total. The van der Waals surface area contributed by atoms with Crippen molar-refractivity contribution in [1.29, 1.82) is 0 Å². The van der Waals surface area contributed by atoms with Crippen molar-refractivity contribution in [2.45, 2.75) is 11.5 Å². The first-order valence-corrected chi connectivity index (χ1v) is 6.07. The van der Waals surface area contributed by atoms with Gasteiger partial charge < -0.3 is 4.74 Å². The predicted molar refractivity (Wildman–Crippen MR) is 56.6 cm³/mol. The molecule has 0 aliphatic rings. The van der Waals surface area contributed by atoms with Gasteiger partial charge in [0, 0.05) is 18.3 Å². The van der Waals surface area contributed by atoms with Crippen molar-refractivity contribution in [3.8, 4) is 0 Å². The highest BCUT2D eigenvalue weighted by atomic mass is 32.2. The van der Waals surface area contributed by atoms with Crippen LogP contribution in [0.15, 0.2) is 29.2 Å². The Labute approximate surface area is 79.6 Å². The van der Waals surface area contributed by atoms with Gasteiger partial charge in [0.1, 0.15) is 0 Å². The lowest BCUT2D eigenvalue weighted by atomic mass is 10.2. The van der Waals surface area contributed by atoms with E-state index in [1.54, 1.807) is 13.4 Å². The average Bonchev–Trinajstić information content (AvgIpc) is 2.04. The molecule has 0 bridgehead atoms. The molecule has 0 saturated heterocycles. The fraction of sp³-hybridized carbons (Fsp3) is 0.300. The molecule has 1 atom stereocenters. The molecule has 1 aromatic carbocycles. The molecule has 3 heteroatoms. The van der Waals surface area contributed by atoms with Crippen LogP contribution in [0.4, 0.5) is 0 Å². The Morgan fingerprint density at radius 2 is 1.92 bits per heavy atom. The van der Waals surface area contributed by atoms with Gasteiger partial charge in [-0.25, -0.2) is 0 Å². The topological polar surface area (TPSA) is 26.3 Å². The predicted octanol–water partition coefficient (Wildman–Crippen LogP) is 1.54. The normalized spacial score (nSPS) is 15.2. The SMILES string of the molecule is C=S(C)(=O)c1ccc(COC)cc1. The molecule has 0 radical (unpaired) electrons. The number of methoxy groups -OCH3 is 1. The Kier molecular flexibility index (Phi) is 3.12. The zero-order valence-electron chi connectivity index (χ0n) is 7.95. The minimum absolute atomic E-state index is 0.586. The third-order valence-electron chi connectivity index (χ3n) is 1.73. The number of benzene rings is 1. The molecule has 1 aromatic rings. The zero-order chi connectivity index (χ0) is 9.90. The second kappa shape index (κ2) is 3.94. The van der Waals surface area contributed by atoms with Crippen LogP contribution < -0.4 is 0 Å². The average molecular weight is 198 g/mol. The molecule has 0 aliphatic carbocycles. The Bertz CT molecular complexity index is 362. The van der Waals surface area contributed by atoms with E-state index in [1.165, 1.54) is 0 Å². The third-order valence-corrected chi connectivity index (χ3v) is 3.00. The Hall–Kier alpha value is -0.800. The van der Waals surface area contributed by atoms with Crippen LogP contribution in [0, 0.1) is 0 Å². The largest absolute Gasteiger partial charge is 0.380 e. The number of hydrogen-bond acceptors (Lipinski definition) is 2. The molecule has 72 valence electrons. The van der Waals surface area contributed by atoms with Crippen LogP contribution in [0.25, 0.3) is 0 Å². The molecule has 0 aromatic heterocycles. The molecule has 0 saturated carbocycles. The van der Waals surface area contributed by atoms with E-state index in [0.717, 1.165) is 10.5 Å². The number of hydrogen-bond donors (Lipinski definition) is 0. The van der Waals surface area contributed by atoms with Crippen LogP contribution in [-0.4, -0.2) is 23.4 Å². The monoisotopic (exact) mass is 198 g/mol. The summed E-state index contributed by atoms with van der Waals surface area (Å²) in [6, 6.07) is 7.49. The lowest BCUT2D eigenvalue weighted by molar-refractivity contribution is 0.185. The maximum Gasteiger partial charge on any atom is 0.0713 e. The van der Waals surface area contributed by atoms with E-state index in [4.69, 9.17) is 4.74 Å². The number of rotatable bonds is 3. The van der Waals surface area contributed by atoms with Crippen LogP contribution in [0.1, 0.15) is 5.56 Å². The van der Waals surface area contributed by atoms with E-state index >= 15 is 0 Å². The fourth-order valence-electron chi connectivity index (χ4n) is 1.04. The summed E-state index contributed by atoms with van der Waals surface area (Å²) in [5, 5.41) is 0. The summed E-state index contributed by atoms with van der Waals surface area (Å²) < 4.78 is 16.5. The van der Waals surface area contributed by atoms with Crippen LogP contribution in [0.5, 0.6) is 0 Å². The molecule has 1 rings (SSSR count). The van der Waals surface area contributed by atoms with E-state index in [9.17, 15) is 4.21 Å². The molecule has 0 spiro atoms. The summed E-state index contributed by atoms with van der Waals surface area (Å²) in [7, 11) is -0.424. The van der Waals surface area contributed by atoms with Gasteiger partial charge in [0.2, 0.25) is 0 Å². The maximum absolute atomic E-state index is 11.5. The second-order valence-electron chi connectivity index (χ2n) is 3.08. The highest BCUT2D eigenvalue weighted by Crippen LogP contribution is 2.10. The Morgan fingerprint density at radius 1 is 1.38 bits per heavy atom. The van der Waals surface area contributed by atoms with Gasteiger partial charge in [-0.05, 0) is 33.1 Å². The van der Waals surface area contributed by atoms with Crippen molar-refractivity contribution in [2.75, 3.05) is 13.4 Å². The van der Waals surface area contributed by atoms with Crippen molar-refractivity contribution >= 4 is 15.4 Å². The Morgan fingerprint density at radius 3 is 2.31 bits per heavy atom. The molecule has 0 fully saturated rings. The van der Waals surface area contributed by atoms with Gasteiger partial charge in [0.25, 0.3) is 0 Å². The zero-order valence-corrected chi connectivity index (χ0v) is 8.76. The molecular weight excluding hydrogens is 184 g/mol. The van der Waals surface area contributed by atoms with E-state index in [-0.39, 0.29) is 0 Å². The first kappa shape index (κ1) is 10.3. The highest BCUT2D eigenvalue weighted by Gasteiger charge is 1.99. The van der Waals surface area contributed by atoms with Crippen molar-refractivity contribution in [2.24, 2.45) is 0 Å². The van der Waals surface area contributed by atoms with E-state index in [2.05, 4.69) is 5.87 Å². The van der Waals surface area contributed by atoms with Crippen molar-refractivity contribution in [3.05, 3.63) is 29.8 Å². The summed E-state index contributed by atoms with van der Waals surface area (Å²) in [5.41, 5.74) is 1.08. The molecule has 0 aliphatic heterocycles. The first-order chi connectivity index (χ1) is 6.04. The summed E-state index contributed by atoms with van der Waals surface area (Å²) in [5.74, 6) is 3.61. The molecule has 0 amide bonds. The standard InChI is InChI=1S/C10H14O2S/c1-12-8-9-4-6-10(7-5-9)13(2,3)11/h4-7H,2,8H2,1,3H3. The van der Waals surface area contributed by atoms with Crippen LogP contribution in [0.2, 0.25) is 0 Å². The third kappa shape index (κ3) is 2.86. The minimum Gasteiger partial charge on any atom is -0.380 e. The quantitative estimate of drug-likeness (QED) is 0.689. The van der Waals surface area contributed by atoms with Crippen LogP contribution in [-0.2, 0) is 20.9 Å². The lowest BCUT2D eigenvalue weighted by Gasteiger charge is -2.04.